The lowest BCUT2D eigenvalue weighted by Crippen LogP contribution is -2.63. The highest BCUT2D eigenvalue weighted by molar-refractivity contribution is 6.24. The average Bonchev–Trinajstić information content (AvgIpc) is 2.79. The number of aliphatic carboxylic acids is 2. The molecule has 2 atom stereocenters. The maximum Gasteiger partial charge on any atom is 0.341 e. The van der Waals surface area contributed by atoms with Crippen LogP contribution in [0.1, 0.15) is 13.3 Å². The molecular weight excluding hydrogens is 340 g/mol. The number of nitrogens with two attached hydrogens (primary N) is 2. The van der Waals surface area contributed by atoms with Crippen LogP contribution >= 0.6 is 0 Å². The van der Waals surface area contributed by atoms with E-state index in [0.29, 0.717) is 0 Å². The summed E-state index contributed by atoms with van der Waals surface area (Å²) >= 11 is 0. The predicted molar refractivity (Wildman–Crippen MR) is 80.1 cm³/mol. The number of carbonyl (C=O) groups is 5. The lowest BCUT2D eigenvalue weighted by molar-refractivity contribution is -0.163. The van der Waals surface area contributed by atoms with E-state index in [2.05, 4.69) is 5.32 Å². The van der Waals surface area contributed by atoms with Gasteiger partial charge in [-0.15, -0.1) is 0 Å². The van der Waals surface area contributed by atoms with E-state index in [0.717, 1.165) is 0 Å². The number of Topliss-reactive ketones (excluding diaryl/α,β-unsaturated/α-hetero) is 1. The van der Waals surface area contributed by atoms with Gasteiger partial charge in [-0.3, -0.25) is 14.4 Å². The van der Waals surface area contributed by atoms with Crippen LogP contribution in [0.3, 0.4) is 0 Å². The van der Waals surface area contributed by atoms with Crippen molar-refractivity contribution in [3.05, 3.63) is 11.3 Å². The van der Waals surface area contributed by atoms with Gasteiger partial charge in [-0.25, -0.2) is 9.59 Å². The summed E-state index contributed by atoms with van der Waals surface area (Å²) in [4.78, 5) is 58.6. The quantitative estimate of drug-likeness (QED) is 0.168. The number of nitrogens with one attached hydrogen (secondary N) is 2. The van der Waals surface area contributed by atoms with E-state index in [9.17, 15) is 39.3 Å². The molecule has 0 aromatic carbocycles. The zero-order valence-corrected chi connectivity index (χ0v) is 13.1. The number of rotatable bonds is 8. The van der Waals surface area contributed by atoms with Gasteiger partial charge >= 0.3 is 11.9 Å². The number of carboxylic acid groups (broad SMARTS) is 2. The van der Waals surface area contributed by atoms with Gasteiger partial charge < -0.3 is 37.4 Å². The highest BCUT2D eigenvalue weighted by Gasteiger charge is 2.52. The minimum absolute atomic E-state index is 0.237. The number of aliphatic hydroxyl groups is 1. The molecule has 2 amide bonds. The van der Waals surface area contributed by atoms with Gasteiger partial charge in [-0.1, -0.05) is 0 Å². The van der Waals surface area contributed by atoms with Crippen molar-refractivity contribution in [2.45, 2.75) is 31.0 Å². The molecule has 0 spiro atoms. The van der Waals surface area contributed by atoms with Crippen LogP contribution in [0.2, 0.25) is 0 Å². The maximum absolute atomic E-state index is 12.3. The number of ketones is 1. The van der Waals surface area contributed by atoms with E-state index in [1.807, 2.05) is 0 Å². The molecule has 0 aromatic heterocycles. The fourth-order valence-electron chi connectivity index (χ4n) is 2.08. The summed E-state index contributed by atoms with van der Waals surface area (Å²) in [6.45, 7) is 0.939. The van der Waals surface area contributed by atoms with Crippen LogP contribution in [0.25, 0.3) is 0 Å². The predicted octanol–water partition coefficient (Wildman–Crippen LogP) is -3.41. The number of carbonyl (C=O) groups excluding carboxylic acids is 3. The van der Waals surface area contributed by atoms with Crippen molar-refractivity contribution in [3.8, 4) is 0 Å². The van der Waals surface area contributed by atoms with Crippen LogP contribution in [0, 0.1) is 0 Å². The van der Waals surface area contributed by atoms with Crippen LogP contribution in [-0.4, -0.2) is 69.0 Å². The molecule has 0 radical (unpaired) electrons. The first-order chi connectivity index (χ1) is 11.5. The average molecular weight is 358 g/mol. The fourth-order valence-corrected chi connectivity index (χ4v) is 2.08. The Kier molecular flexibility index (Phi) is 5.83. The summed E-state index contributed by atoms with van der Waals surface area (Å²) in [5.74, 6) is -8.26. The van der Waals surface area contributed by atoms with E-state index >= 15 is 0 Å². The van der Waals surface area contributed by atoms with Gasteiger partial charge in [-0.05, 0) is 6.92 Å². The molecule has 0 aromatic rings. The minimum atomic E-state index is -3.06. The molecule has 0 saturated carbocycles. The summed E-state index contributed by atoms with van der Waals surface area (Å²) in [5.41, 5.74) is 6.69. The number of amides is 2. The second kappa shape index (κ2) is 7.27. The van der Waals surface area contributed by atoms with Gasteiger partial charge in [0.25, 0.3) is 5.91 Å². The number of hydrogen-bond donors (Lipinski definition) is 7. The third kappa shape index (κ3) is 3.75. The Bertz CT molecular complexity index is 655. The van der Waals surface area contributed by atoms with Crippen molar-refractivity contribution in [2.75, 3.05) is 6.54 Å². The van der Waals surface area contributed by atoms with Crippen molar-refractivity contribution in [1.82, 2.24) is 10.6 Å². The second-order valence-corrected chi connectivity index (χ2v) is 5.42. The molecular formula is C13H18N4O8. The zero-order chi connectivity index (χ0) is 19.5. The molecule has 0 bridgehead atoms. The Morgan fingerprint density at radius 3 is 2.16 bits per heavy atom. The van der Waals surface area contributed by atoms with Crippen molar-refractivity contribution in [1.29, 1.82) is 0 Å². The molecule has 12 nitrogen and oxygen atoms in total. The lowest BCUT2D eigenvalue weighted by atomic mass is 9.89. The van der Waals surface area contributed by atoms with Crippen LogP contribution in [-0.2, 0) is 24.0 Å². The molecule has 1 aliphatic rings. The number of carboxylic acids is 2. The monoisotopic (exact) mass is 358 g/mol. The lowest BCUT2D eigenvalue weighted by Gasteiger charge is -2.26. The van der Waals surface area contributed by atoms with Crippen LogP contribution in [0.5, 0.6) is 0 Å². The molecule has 1 aliphatic heterocycles. The van der Waals surface area contributed by atoms with E-state index in [-0.39, 0.29) is 6.54 Å². The van der Waals surface area contributed by atoms with Gasteiger partial charge in [0.1, 0.15) is 11.3 Å². The van der Waals surface area contributed by atoms with Gasteiger partial charge in [0, 0.05) is 6.54 Å². The standard InChI is InChI=1S/C13H18N4O8/c1-4(15)9(20)17-13(11(22)23,12(24)25)2-6(18)7-8(19)5(3-14)16-10(7)21/h4-5,19H,2-3,14-15H2,1H3,(H,16,21)(H,17,20)(H,22,23)(H,24,25)/t4-,5-/m0/s1. The molecule has 9 N–H and O–H groups in total. The van der Waals surface area contributed by atoms with Crippen LogP contribution in [0.15, 0.2) is 11.3 Å². The van der Waals surface area contributed by atoms with E-state index in [1.165, 1.54) is 6.92 Å². The summed E-state index contributed by atoms with van der Waals surface area (Å²) in [7, 11) is 0. The summed E-state index contributed by atoms with van der Waals surface area (Å²) < 4.78 is 0. The van der Waals surface area contributed by atoms with Crippen LogP contribution in [0.4, 0.5) is 0 Å². The van der Waals surface area contributed by atoms with Crippen LogP contribution < -0.4 is 22.1 Å². The molecule has 0 unspecified atom stereocenters. The maximum atomic E-state index is 12.3. The van der Waals surface area contributed by atoms with E-state index in [1.54, 1.807) is 5.32 Å². The Morgan fingerprint density at radius 2 is 1.80 bits per heavy atom. The Hall–Kier alpha value is -2.99. The first-order valence-electron chi connectivity index (χ1n) is 6.99. The normalized spacial score (nSPS) is 18.5. The van der Waals surface area contributed by atoms with Crippen molar-refractivity contribution < 1.29 is 39.3 Å². The molecule has 12 heteroatoms. The molecule has 1 heterocycles. The Labute approximate surface area is 140 Å². The van der Waals surface area contributed by atoms with Crippen molar-refractivity contribution >= 4 is 29.5 Å². The van der Waals surface area contributed by atoms with Gasteiger partial charge in [0.2, 0.25) is 11.4 Å². The Morgan fingerprint density at radius 1 is 1.28 bits per heavy atom. The molecule has 1 rings (SSSR count). The van der Waals surface area contributed by atoms with E-state index in [4.69, 9.17) is 11.5 Å². The highest BCUT2D eigenvalue weighted by atomic mass is 16.4. The third-order valence-corrected chi connectivity index (χ3v) is 3.54. The Balaban J connectivity index is 3.26. The first-order valence-corrected chi connectivity index (χ1v) is 6.99. The van der Waals surface area contributed by atoms with Gasteiger partial charge in [-0.2, -0.15) is 0 Å². The summed E-state index contributed by atoms with van der Waals surface area (Å²) in [5, 5.41) is 32.2. The molecule has 25 heavy (non-hydrogen) atoms. The van der Waals surface area contributed by atoms with E-state index < -0.39 is 64.9 Å². The third-order valence-electron chi connectivity index (χ3n) is 3.54. The molecule has 0 saturated heterocycles. The van der Waals surface area contributed by atoms with Crippen molar-refractivity contribution in [2.24, 2.45) is 11.5 Å². The molecule has 0 fully saturated rings. The molecule has 138 valence electrons. The SMILES string of the molecule is C[C@H](N)C(=O)NC(CC(=O)C1=C(O)[C@H](CN)NC1=O)(C(=O)O)C(=O)O. The minimum Gasteiger partial charge on any atom is -0.509 e. The topological polar surface area (TPSA) is 222 Å². The number of aliphatic hydroxyl groups excluding tert-OH is 1. The smallest absolute Gasteiger partial charge is 0.341 e. The van der Waals surface area contributed by atoms with Crippen molar-refractivity contribution in [3.63, 3.8) is 0 Å². The number of hydrogen-bond acceptors (Lipinski definition) is 8. The largest absolute Gasteiger partial charge is 0.509 e. The molecule has 0 aliphatic carbocycles. The van der Waals surface area contributed by atoms with Gasteiger partial charge in [0.15, 0.2) is 5.78 Å². The first kappa shape index (κ1) is 20.1. The second-order valence-electron chi connectivity index (χ2n) is 5.42. The zero-order valence-electron chi connectivity index (χ0n) is 13.1. The fraction of sp³-hybridized carbons (Fsp3) is 0.462. The summed E-state index contributed by atoms with van der Waals surface area (Å²) in [6.07, 6.45) is -1.32. The highest BCUT2D eigenvalue weighted by Crippen LogP contribution is 2.22. The summed E-state index contributed by atoms with van der Waals surface area (Å²) in [6, 6.07) is -2.30. The van der Waals surface area contributed by atoms with Gasteiger partial charge in [0.05, 0.1) is 18.5 Å².